The molecule has 0 heterocycles. The lowest BCUT2D eigenvalue weighted by Crippen LogP contribution is -2.10. The van der Waals surface area contributed by atoms with E-state index in [-0.39, 0.29) is 11.9 Å². The molecular weight excluding hydrogens is 245 g/mol. The van der Waals surface area contributed by atoms with E-state index in [2.05, 4.69) is 22.9 Å². The molecule has 1 unspecified atom stereocenters. The van der Waals surface area contributed by atoms with Crippen LogP contribution < -0.4 is 5.73 Å². The number of unbranched alkanes of at least 4 members (excludes halogenated alkanes) is 1. The third kappa shape index (κ3) is 3.07. The fourth-order valence-corrected chi connectivity index (χ4v) is 1.58. The topological polar surface area (TPSA) is 26.0 Å². The van der Waals surface area contributed by atoms with Gasteiger partial charge in [0, 0.05) is 6.04 Å². The van der Waals surface area contributed by atoms with Crippen LogP contribution >= 0.6 is 15.9 Å². The average Bonchev–Trinajstić information content (AvgIpc) is 2.18. The monoisotopic (exact) mass is 259 g/mol. The molecular formula is C11H15BrFN. The minimum atomic E-state index is -0.241. The van der Waals surface area contributed by atoms with Crippen LogP contribution in [0.15, 0.2) is 22.7 Å². The molecule has 1 aromatic carbocycles. The Balaban J connectivity index is 2.70. The Hall–Kier alpha value is -0.410. The fourth-order valence-electron chi connectivity index (χ4n) is 1.33. The zero-order valence-electron chi connectivity index (χ0n) is 8.26. The maximum absolute atomic E-state index is 13.2. The predicted octanol–water partition coefficient (Wildman–Crippen LogP) is 3.78. The summed E-state index contributed by atoms with van der Waals surface area (Å²) < 4.78 is 13.6. The standard InChI is InChI=1S/C11H15BrFN/c1-2-3-4-11(14)8-5-6-9(12)10(13)7-8/h5-7,11H,2-4,14H2,1H3. The maximum atomic E-state index is 13.2. The molecule has 0 amide bonds. The highest BCUT2D eigenvalue weighted by Gasteiger charge is 2.07. The van der Waals surface area contributed by atoms with Crippen LogP contribution in [0.4, 0.5) is 4.39 Å². The van der Waals surface area contributed by atoms with Gasteiger partial charge in [0.1, 0.15) is 5.82 Å². The zero-order valence-corrected chi connectivity index (χ0v) is 9.85. The molecule has 0 aromatic heterocycles. The van der Waals surface area contributed by atoms with Crippen molar-refractivity contribution < 1.29 is 4.39 Å². The van der Waals surface area contributed by atoms with Gasteiger partial charge in [0.05, 0.1) is 4.47 Å². The number of hydrogen-bond donors (Lipinski definition) is 1. The summed E-state index contributed by atoms with van der Waals surface area (Å²) in [5.41, 5.74) is 6.79. The van der Waals surface area contributed by atoms with Crippen molar-refractivity contribution in [3.8, 4) is 0 Å². The van der Waals surface area contributed by atoms with Crippen molar-refractivity contribution in [2.75, 3.05) is 0 Å². The number of hydrogen-bond acceptors (Lipinski definition) is 1. The van der Waals surface area contributed by atoms with Crippen molar-refractivity contribution >= 4 is 15.9 Å². The molecule has 3 heteroatoms. The van der Waals surface area contributed by atoms with E-state index in [1.165, 1.54) is 6.07 Å². The van der Waals surface area contributed by atoms with E-state index in [9.17, 15) is 4.39 Å². The maximum Gasteiger partial charge on any atom is 0.137 e. The van der Waals surface area contributed by atoms with Crippen molar-refractivity contribution in [2.24, 2.45) is 5.73 Å². The Morgan fingerprint density at radius 1 is 1.50 bits per heavy atom. The van der Waals surface area contributed by atoms with Gasteiger partial charge in [-0.1, -0.05) is 25.8 Å². The van der Waals surface area contributed by atoms with Crippen LogP contribution in [0.2, 0.25) is 0 Å². The van der Waals surface area contributed by atoms with E-state index >= 15 is 0 Å². The highest BCUT2D eigenvalue weighted by molar-refractivity contribution is 9.10. The second-order valence-corrected chi connectivity index (χ2v) is 4.28. The summed E-state index contributed by atoms with van der Waals surface area (Å²) >= 11 is 3.12. The molecule has 2 N–H and O–H groups in total. The molecule has 78 valence electrons. The molecule has 0 aliphatic rings. The van der Waals surface area contributed by atoms with E-state index in [4.69, 9.17) is 5.73 Å². The summed E-state index contributed by atoms with van der Waals surface area (Å²) in [4.78, 5) is 0. The van der Waals surface area contributed by atoms with Gasteiger partial charge < -0.3 is 5.73 Å². The van der Waals surface area contributed by atoms with Crippen molar-refractivity contribution in [1.82, 2.24) is 0 Å². The van der Waals surface area contributed by atoms with Gasteiger partial charge in [0.2, 0.25) is 0 Å². The second kappa shape index (κ2) is 5.47. The Labute approximate surface area is 92.6 Å². The van der Waals surface area contributed by atoms with Crippen molar-refractivity contribution in [3.63, 3.8) is 0 Å². The SMILES string of the molecule is CCCCC(N)c1ccc(Br)c(F)c1. The largest absolute Gasteiger partial charge is 0.324 e. The summed E-state index contributed by atoms with van der Waals surface area (Å²) in [6.45, 7) is 2.12. The molecule has 0 fully saturated rings. The van der Waals surface area contributed by atoms with E-state index in [1.807, 2.05) is 6.07 Å². The van der Waals surface area contributed by atoms with E-state index in [0.29, 0.717) is 4.47 Å². The third-order valence-corrected chi connectivity index (χ3v) is 2.88. The van der Waals surface area contributed by atoms with Gasteiger partial charge in [0.15, 0.2) is 0 Å². The number of benzene rings is 1. The lowest BCUT2D eigenvalue weighted by Gasteiger charge is -2.11. The molecule has 1 atom stereocenters. The second-order valence-electron chi connectivity index (χ2n) is 3.42. The lowest BCUT2D eigenvalue weighted by molar-refractivity contribution is 0.586. The molecule has 0 radical (unpaired) electrons. The molecule has 0 spiro atoms. The molecule has 14 heavy (non-hydrogen) atoms. The fraction of sp³-hybridized carbons (Fsp3) is 0.455. The normalized spacial score (nSPS) is 12.9. The van der Waals surface area contributed by atoms with Gasteiger partial charge in [-0.15, -0.1) is 0 Å². The first-order valence-electron chi connectivity index (χ1n) is 4.85. The Morgan fingerprint density at radius 2 is 2.21 bits per heavy atom. The van der Waals surface area contributed by atoms with Crippen LogP contribution in [0.3, 0.4) is 0 Å². The van der Waals surface area contributed by atoms with Crippen molar-refractivity contribution in [1.29, 1.82) is 0 Å². The average molecular weight is 260 g/mol. The van der Waals surface area contributed by atoms with E-state index in [1.54, 1.807) is 6.07 Å². The Bertz CT molecular complexity index is 301. The van der Waals surface area contributed by atoms with Crippen LogP contribution in [-0.2, 0) is 0 Å². The molecule has 1 nitrogen and oxygen atoms in total. The van der Waals surface area contributed by atoms with Crippen LogP contribution in [0.1, 0.15) is 37.8 Å². The quantitative estimate of drug-likeness (QED) is 0.875. The lowest BCUT2D eigenvalue weighted by atomic mass is 10.0. The van der Waals surface area contributed by atoms with Gasteiger partial charge in [0.25, 0.3) is 0 Å². The summed E-state index contributed by atoms with van der Waals surface area (Å²) in [5, 5.41) is 0. The van der Waals surface area contributed by atoms with Crippen LogP contribution in [0.25, 0.3) is 0 Å². The first-order chi connectivity index (χ1) is 6.65. The molecule has 0 aliphatic carbocycles. The van der Waals surface area contributed by atoms with Gasteiger partial charge in [-0.3, -0.25) is 0 Å². The van der Waals surface area contributed by atoms with Crippen LogP contribution in [0, 0.1) is 5.82 Å². The van der Waals surface area contributed by atoms with Gasteiger partial charge in [-0.05, 0) is 40.0 Å². The number of nitrogens with two attached hydrogens (primary N) is 1. The van der Waals surface area contributed by atoms with Gasteiger partial charge in [-0.25, -0.2) is 4.39 Å². The predicted molar refractivity (Wildman–Crippen MR) is 60.6 cm³/mol. The van der Waals surface area contributed by atoms with Crippen LogP contribution in [0.5, 0.6) is 0 Å². The molecule has 1 aromatic rings. The molecule has 0 saturated carbocycles. The first-order valence-corrected chi connectivity index (χ1v) is 5.65. The minimum absolute atomic E-state index is 0.0439. The first kappa shape index (κ1) is 11.7. The summed E-state index contributed by atoms with van der Waals surface area (Å²) in [6.07, 6.45) is 3.11. The number of rotatable bonds is 4. The van der Waals surface area contributed by atoms with E-state index in [0.717, 1.165) is 24.8 Å². The molecule has 0 saturated heterocycles. The van der Waals surface area contributed by atoms with E-state index < -0.39 is 0 Å². The highest BCUT2D eigenvalue weighted by atomic mass is 79.9. The van der Waals surface area contributed by atoms with Gasteiger partial charge in [-0.2, -0.15) is 0 Å². The van der Waals surface area contributed by atoms with Crippen molar-refractivity contribution in [3.05, 3.63) is 34.1 Å². The molecule has 0 aliphatic heterocycles. The summed E-state index contributed by atoms with van der Waals surface area (Å²) in [5.74, 6) is -0.241. The summed E-state index contributed by atoms with van der Waals surface area (Å²) in [7, 11) is 0. The minimum Gasteiger partial charge on any atom is -0.324 e. The molecule has 0 bridgehead atoms. The zero-order chi connectivity index (χ0) is 10.6. The smallest absolute Gasteiger partial charge is 0.137 e. The summed E-state index contributed by atoms with van der Waals surface area (Å²) in [6, 6.07) is 5.03. The Kier molecular flexibility index (Phi) is 4.55. The Morgan fingerprint density at radius 3 is 2.79 bits per heavy atom. The molecule has 1 rings (SSSR count). The van der Waals surface area contributed by atoms with Crippen molar-refractivity contribution in [2.45, 2.75) is 32.2 Å². The number of halogens is 2. The highest BCUT2D eigenvalue weighted by Crippen LogP contribution is 2.22. The third-order valence-electron chi connectivity index (χ3n) is 2.24. The van der Waals surface area contributed by atoms with Gasteiger partial charge >= 0.3 is 0 Å². The van der Waals surface area contributed by atoms with Crippen LogP contribution in [-0.4, -0.2) is 0 Å².